The summed E-state index contributed by atoms with van der Waals surface area (Å²) < 4.78 is 0.889. The second-order valence-corrected chi connectivity index (χ2v) is 4.14. The normalized spacial score (nSPS) is 10.1. The molecular formula is C13H9ClN2O3. The van der Waals surface area contributed by atoms with Crippen LogP contribution in [0.2, 0.25) is 5.02 Å². The fraction of sp³-hybridized carbons (Fsp3) is 0.0769. The van der Waals surface area contributed by atoms with Crippen LogP contribution >= 0.6 is 11.6 Å². The Morgan fingerprint density at radius 2 is 2.05 bits per heavy atom. The quantitative estimate of drug-likeness (QED) is 0.809. The van der Waals surface area contributed by atoms with Gasteiger partial charge in [0.1, 0.15) is 5.56 Å². The largest absolute Gasteiger partial charge is 0.494 e. The number of hydrogen-bond acceptors (Lipinski definition) is 3. The van der Waals surface area contributed by atoms with Crippen molar-refractivity contribution in [1.29, 1.82) is 0 Å². The Bertz CT molecular complexity index is 784. The lowest BCUT2D eigenvalue weighted by atomic mass is 10.1. The molecule has 0 atom stereocenters. The van der Waals surface area contributed by atoms with Crippen LogP contribution in [-0.2, 0) is 6.54 Å². The summed E-state index contributed by atoms with van der Waals surface area (Å²) >= 11 is 5.98. The summed E-state index contributed by atoms with van der Waals surface area (Å²) in [6.45, 7) is -0.154. The first kappa shape index (κ1) is 13.0. The van der Waals surface area contributed by atoms with Crippen molar-refractivity contribution in [1.82, 2.24) is 9.55 Å². The van der Waals surface area contributed by atoms with Gasteiger partial charge >= 0.3 is 5.69 Å². The highest BCUT2D eigenvalue weighted by Crippen LogP contribution is 2.30. The van der Waals surface area contributed by atoms with E-state index >= 15 is 0 Å². The van der Waals surface area contributed by atoms with Crippen LogP contribution in [0.1, 0.15) is 0 Å². The first-order valence-corrected chi connectivity index (χ1v) is 5.68. The van der Waals surface area contributed by atoms with Crippen molar-refractivity contribution in [3.05, 3.63) is 50.1 Å². The molecule has 0 amide bonds. The van der Waals surface area contributed by atoms with E-state index in [1.54, 1.807) is 24.3 Å². The molecule has 0 unspecified atom stereocenters. The molecule has 2 rings (SSSR count). The zero-order valence-electron chi connectivity index (χ0n) is 9.68. The summed E-state index contributed by atoms with van der Waals surface area (Å²) in [5.74, 6) is 1.73. The number of hydrogen-bond donors (Lipinski definition) is 2. The first-order chi connectivity index (χ1) is 9.06. The van der Waals surface area contributed by atoms with Gasteiger partial charge in [0.2, 0.25) is 5.88 Å². The monoisotopic (exact) mass is 276 g/mol. The van der Waals surface area contributed by atoms with Crippen LogP contribution in [0.15, 0.2) is 33.9 Å². The Morgan fingerprint density at radius 1 is 1.37 bits per heavy atom. The zero-order valence-corrected chi connectivity index (χ0v) is 10.4. The number of terminal acetylenes is 1. The lowest BCUT2D eigenvalue weighted by Gasteiger charge is -2.10. The zero-order chi connectivity index (χ0) is 14.0. The second kappa shape index (κ2) is 5.04. The van der Waals surface area contributed by atoms with Crippen molar-refractivity contribution in [3.63, 3.8) is 0 Å². The van der Waals surface area contributed by atoms with Crippen LogP contribution < -0.4 is 11.2 Å². The van der Waals surface area contributed by atoms with Gasteiger partial charge in [0.15, 0.2) is 0 Å². The van der Waals surface area contributed by atoms with E-state index in [1.807, 2.05) is 0 Å². The minimum atomic E-state index is -0.767. The number of H-pyrrole nitrogens is 1. The first-order valence-electron chi connectivity index (χ1n) is 5.30. The second-order valence-electron chi connectivity index (χ2n) is 3.73. The van der Waals surface area contributed by atoms with Gasteiger partial charge in [-0.05, 0) is 6.07 Å². The molecule has 1 aromatic heterocycles. The number of halogens is 1. The van der Waals surface area contributed by atoms with Gasteiger partial charge in [0.25, 0.3) is 5.56 Å². The molecule has 5 nitrogen and oxygen atoms in total. The average molecular weight is 277 g/mol. The highest BCUT2D eigenvalue weighted by Gasteiger charge is 2.17. The van der Waals surface area contributed by atoms with Gasteiger partial charge in [-0.3, -0.25) is 14.3 Å². The van der Waals surface area contributed by atoms with Crippen LogP contribution in [0.3, 0.4) is 0 Å². The van der Waals surface area contributed by atoms with Gasteiger partial charge in [-0.2, -0.15) is 0 Å². The van der Waals surface area contributed by atoms with Gasteiger partial charge in [-0.15, -0.1) is 6.42 Å². The van der Waals surface area contributed by atoms with Gasteiger partial charge in [0, 0.05) is 10.6 Å². The molecule has 0 radical (unpaired) electrons. The third kappa shape index (κ3) is 2.26. The van der Waals surface area contributed by atoms with Crippen molar-refractivity contribution >= 4 is 11.6 Å². The van der Waals surface area contributed by atoms with Crippen LogP contribution in [0.25, 0.3) is 11.1 Å². The Labute approximate surface area is 113 Å². The Hall–Kier alpha value is -2.45. The maximum absolute atomic E-state index is 11.8. The van der Waals surface area contributed by atoms with E-state index in [2.05, 4.69) is 10.9 Å². The van der Waals surface area contributed by atoms with Crippen molar-refractivity contribution in [2.45, 2.75) is 6.54 Å². The summed E-state index contributed by atoms with van der Waals surface area (Å²) in [7, 11) is 0. The topological polar surface area (TPSA) is 75.1 Å². The third-order valence-corrected chi connectivity index (χ3v) is 2.89. The Balaban J connectivity index is 2.83. The highest BCUT2D eigenvalue weighted by atomic mass is 35.5. The molecule has 96 valence electrons. The van der Waals surface area contributed by atoms with E-state index in [0.29, 0.717) is 5.56 Å². The molecule has 2 N–H and O–H groups in total. The van der Waals surface area contributed by atoms with E-state index in [1.165, 1.54) is 0 Å². The predicted octanol–water partition coefficient (Wildman–Crippen LogP) is 1.20. The van der Waals surface area contributed by atoms with Gasteiger partial charge in [-0.1, -0.05) is 35.7 Å². The van der Waals surface area contributed by atoms with Gasteiger partial charge < -0.3 is 5.11 Å². The summed E-state index contributed by atoms with van der Waals surface area (Å²) in [6.07, 6.45) is 5.12. The molecule has 0 spiro atoms. The summed E-state index contributed by atoms with van der Waals surface area (Å²) in [4.78, 5) is 25.5. The number of nitrogens with one attached hydrogen (secondary N) is 1. The number of benzene rings is 1. The number of nitrogens with zero attached hydrogens (tertiary/aromatic N) is 1. The molecule has 0 saturated heterocycles. The average Bonchev–Trinajstić information content (AvgIpc) is 2.36. The van der Waals surface area contributed by atoms with E-state index in [0.717, 1.165) is 4.57 Å². The molecule has 0 fully saturated rings. The van der Waals surface area contributed by atoms with Crippen LogP contribution in [0.4, 0.5) is 0 Å². The summed E-state index contributed by atoms with van der Waals surface area (Å²) in [6, 6.07) is 6.50. The van der Waals surface area contributed by atoms with Crippen molar-refractivity contribution in [2.24, 2.45) is 0 Å². The Kier molecular flexibility index (Phi) is 3.45. The molecule has 0 bridgehead atoms. The SMILES string of the molecule is C#CCn1c(O)c(-c2ccccc2Cl)c(=O)[nH]c1=O. The van der Waals surface area contributed by atoms with E-state index in [-0.39, 0.29) is 17.1 Å². The fourth-order valence-corrected chi connectivity index (χ4v) is 1.93. The maximum Gasteiger partial charge on any atom is 0.332 e. The molecular weight excluding hydrogens is 268 g/mol. The smallest absolute Gasteiger partial charge is 0.332 e. The van der Waals surface area contributed by atoms with E-state index in [9.17, 15) is 14.7 Å². The molecule has 19 heavy (non-hydrogen) atoms. The van der Waals surface area contributed by atoms with Crippen LogP contribution in [0, 0.1) is 12.3 Å². The highest BCUT2D eigenvalue weighted by molar-refractivity contribution is 6.33. The van der Waals surface area contributed by atoms with Crippen molar-refractivity contribution < 1.29 is 5.11 Å². The lowest BCUT2D eigenvalue weighted by Crippen LogP contribution is -2.30. The molecule has 1 heterocycles. The Morgan fingerprint density at radius 3 is 2.68 bits per heavy atom. The molecule has 1 aromatic carbocycles. The molecule has 6 heteroatoms. The predicted molar refractivity (Wildman–Crippen MR) is 72.3 cm³/mol. The maximum atomic E-state index is 11.8. The van der Waals surface area contributed by atoms with E-state index in [4.69, 9.17) is 18.0 Å². The number of rotatable bonds is 2. The third-order valence-electron chi connectivity index (χ3n) is 2.56. The number of aromatic hydroxyl groups is 1. The lowest BCUT2D eigenvalue weighted by molar-refractivity contribution is 0.415. The van der Waals surface area contributed by atoms with E-state index < -0.39 is 17.1 Å². The van der Waals surface area contributed by atoms with Gasteiger partial charge in [0.05, 0.1) is 6.54 Å². The molecule has 0 aliphatic carbocycles. The van der Waals surface area contributed by atoms with Crippen molar-refractivity contribution in [2.75, 3.05) is 0 Å². The number of aromatic nitrogens is 2. The minimum Gasteiger partial charge on any atom is -0.494 e. The standard InChI is InChI=1S/C13H9ClN2O3/c1-2-7-16-12(18)10(11(17)15-13(16)19)8-5-3-4-6-9(8)14/h1,3-6,18H,7H2,(H,15,17,19). The summed E-state index contributed by atoms with van der Waals surface area (Å²) in [5.41, 5.74) is -1.24. The number of aromatic amines is 1. The fourth-order valence-electron chi connectivity index (χ4n) is 1.70. The van der Waals surface area contributed by atoms with Crippen molar-refractivity contribution in [3.8, 4) is 29.4 Å². The molecule has 0 aliphatic rings. The van der Waals surface area contributed by atoms with Crippen LogP contribution in [-0.4, -0.2) is 14.7 Å². The van der Waals surface area contributed by atoms with Crippen LogP contribution in [0.5, 0.6) is 5.88 Å². The molecule has 0 saturated carbocycles. The summed E-state index contributed by atoms with van der Waals surface area (Å²) in [5, 5.41) is 10.3. The van der Waals surface area contributed by atoms with Gasteiger partial charge in [-0.25, -0.2) is 4.79 Å². The molecule has 0 aliphatic heterocycles. The molecule has 2 aromatic rings. The minimum absolute atomic E-state index is 0.0829.